The Balaban J connectivity index is 2.69. The molecule has 0 fully saturated rings. The summed E-state index contributed by atoms with van der Waals surface area (Å²) in [4.78, 5) is 11.3. The Hall–Kier alpha value is -2.23. The van der Waals surface area contributed by atoms with Crippen LogP contribution in [0, 0.1) is 0 Å². The van der Waals surface area contributed by atoms with Gasteiger partial charge in [-0.1, -0.05) is 12.1 Å². The molecule has 16 heavy (non-hydrogen) atoms. The third-order valence-electron chi connectivity index (χ3n) is 2.39. The number of hydrogen-bond donors (Lipinski definition) is 2. The average molecular weight is 218 g/mol. The number of phenolic OH excluding ortho intramolecular Hbond substituents is 2. The van der Waals surface area contributed by atoms with Crippen molar-refractivity contribution in [1.29, 1.82) is 0 Å². The zero-order valence-electron chi connectivity index (χ0n) is 8.60. The second-order valence-electron chi connectivity index (χ2n) is 3.36. The van der Waals surface area contributed by atoms with Gasteiger partial charge < -0.3 is 14.9 Å². The van der Waals surface area contributed by atoms with Gasteiger partial charge in [-0.2, -0.15) is 0 Å². The minimum Gasteiger partial charge on any atom is -0.504 e. The normalized spacial score (nSPS) is 10.3. The van der Waals surface area contributed by atoms with Gasteiger partial charge in [-0.15, -0.1) is 0 Å². The number of carbonyl (C=O) groups excluding carboxylic acids is 1. The monoisotopic (exact) mass is 218 g/mol. The number of benzene rings is 2. The van der Waals surface area contributed by atoms with Crippen molar-refractivity contribution < 1.29 is 19.7 Å². The fraction of sp³-hybridized carbons (Fsp3) is 0.0833. The van der Waals surface area contributed by atoms with E-state index in [0.29, 0.717) is 10.9 Å². The molecule has 0 saturated heterocycles. The second kappa shape index (κ2) is 3.73. The van der Waals surface area contributed by atoms with Crippen molar-refractivity contribution in [2.75, 3.05) is 7.11 Å². The number of ether oxygens (including phenoxy) is 1. The molecular formula is C12H10O4. The van der Waals surface area contributed by atoms with Gasteiger partial charge in [-0.25, -0.2) is 4.79 Å². The first-order valence-corrected chi connectivity index (χ1v) is 4.66. The summed E-state index contributed by atoms with van der Waals surface area (Å²) in [5.41, 5.74) is 0.330. The van der Waals surface area contributed by atoms with Gasteiger partial charge in [-0.3, -0.25) is 0 Å². The van der Waals surface area contributed by atoms with E-state index in [9.17, 15) is 15.0 Å². The molecule has 4 nitrogen and oxygen atoms in total. The van der Waals surface area contributed by atoms with Crippen molar-refractivity contribution in [3.63, 3.8) is 0 Å². The molecule has 0 aliphatic rings. The van der Waals surface area contributed by atoms with Crippen LogP contribution in [0.2, 0.25) is 0 Å². The van der Waals surface area contributed by atoms with Gasteiger partial charge in [0.15, 0.2) is 11.5 Å². The molecule has 2 rings (SSSR count). The minimum absolute atomic E-state index is 0.213. The van der Waals surface area contributed by atoms with Crippen LogP contribution in [0.3, 0.4) is 0 Å². The van der Waals surface area contributed by atoms with Crippen LogP contribution in [-0.2, 0) is 4.74 Å². The Kier molecular flexibility index (Phi) is 2.40. The highest BCUT2D eigenvalue weighted by molar-refractivity contribution is 5.98. The Labute approximate surface area is 91.7 Å². The van der Waals surface area contributed by atoms with E-state index < -0.39 is 5.97 Å². The Bertz CT molecular complexity index is 560. The molecule has 0 spiro atoms. The average Bonchev–Trinajstić information content (AvgIpc) is 2.32. The lowest BCUT2D eigenvalue weighted by molar-refractivity contribution is 0.0601. The molecule has 0 bridgehead atoms. The zero-order chi connectivity index (χ0) is 11.7. The summed E-state index contributed by atoms with van der Waals surface area (Å²) in [7, 11) is 1.29. The lowest BCUT2D eigenvalue weighted by Gasteiger charge is -2.05. The quantitative estimate of drug-likeness (QED) is 0.567. The zero-order valence-corrected chi connectivity index (χ0v) is 8.60. The third-order valence-corrected chi connectivity index (χ3v) is 2.39. The summed E-state index contributed by atoms with van der Waals surface area (Å²) < 4.78 is 4.57. The van der Waals surface area contributed by atoms with E-state index >= 15 is 0 Å². The highest BCUT2D eigenvalue weighted by Crippen LogP contribution is 2.33. The fourth-order valence-corrected chi connectivity index (χ4v) is 1.54. The van der Waals surface area contributed by atoms with Crippen molar-refractivity contribution in [2.24, 2.45) is 0 Å². The van der Waals surface area contributed by atoms with E-state index in [1.807, 2.05) is 0 Å². The van der Waals surface area contributed by atoms with E-state index in [-0.39, 0.29) is 11.5 Å². The van der Waals surface area contributed by atoms with Gasteiger partial charge in [0.05, 0.1) is 12.7 Å². The van der Waals surface area contributed by atoms with Crippen molar-refractivity contribution in [2.45, 2.75) is 0 Å². The van der Waals surface area contributed by atoms with Gasteiger partial charge in [0, 0.05) is 5.39 Å². The van der Waals surface area contributed by atoms with E-state index in [1.165, 1.54) is 19.2 Å². The predicted molar refractivity (Wildman–Crippen MR) is 58.6 cm³/mol. The molecular weight excluding hydrogens is 208 g/mol. The molecule has 82 valence electrons. The number of esters is 1. The van der Waals surface area contributed by atoms with Crippen LogP contribution in [0.25, 0.3) is 10.8 Å². The van der Waals surface area contributed by atoms with Crippen molar-refractivity contribution >= 4 is 16.7 Å². The summed E-state index contributed by atoms with van der Waals surface area (Å²) >= 11 is 0. The largest absolute Gasteiger partial charge is 0.504 e. The van der Waals surface area contributed by atoms with Crippen LogP contribution in [-0.4, -0.2) is 23.3 Å². The summed E-state index contributed by atoms with van der Waals surface area (Å²) in [6.07, 6.45) is 0. The first-order chi connectivity index (χ1) is 7.63. The van der Waals surface area contributed by atoms with Crippen LogP contribution >= 0.6 is 0 Å². The van der Waals surface area contributed by atoms with Gasteiger partial charge in [0.1, 0.15) is 0 Å². The van der Waals surface area contributed by atoms with E-state index in [2.05, 4.69) is 4.74 Å². The molecule has 0 saturated carbocycles. The van der Waals surface area contributed by atoms with Crippen molar-refractivity contribution in [3.8, 4) is 11.5 Å². The Morgan fingerprint density at radius 2 is 1.88 bits per heavy atom. The van der Waals surface area contributed by atoms with Crippen LogP contribution in [0.1, 0.15) is 10.4 Å². The maximum atomic E-state index is 11.3. The molecule has 2 N–H and O–H groups in total. The van der Waals surface area contributed by atoms with Gasteiger partial charge in [0.2, 0.25) is 0 Å². The molecule has 2 aromatic carbocycles. The Morgan fingerprint density at radius 3 is 2.56 bits per heavy atom. The smallest absolute Gasteiger partial charge is 0.337 e. The number of hydrogen-bond acceptors (Lipinski definition) is 4. The summed E-state index contributed by atoms with van der Waals surface area (Å²) in [5, 5.41) is 20.1. The molecule has 0 unspecified atom stereocenters. The minimum atomic E-state index is -0.482. The van der Waals surface area contributed by atoms with Crippen LogP contribution in [0.4, 0.5) is 0 Å². The molecule has 0 aliphatic heterocycles. The highest BCUT2D eigenvalue weighted by Gasteiger charge is 2.10. The lowest BCUT2D eigenvalue weighted by atomic mass is 10.1. The molecule has 0 heterocycles. The summed E-state index contributed by atoms with van der Waals surface area (Å²) in [6, 6.07) is 7.82. The van der Waals surface area contributed by atoms with Crippen molar-refractivity contribution in [1.82, 2.24) is 0 Å². The van der Waals surface area contributed by atoms with E-state index in [0.717, 1.165) is 5.39 Å². The number of rotatable bonds is 1. The number of carbonyl (C=O) groups is 1. The Morgan fingerprint density at radius 1 is 1.19 bits per heavy atom. The SMILES string of the molecule is COC(=O)c1ccc2ccc(O)c(O)c2c1. The number of aromatic hydroxyl groups is 2. The van der Waals surface area contributed by atoms with Crippen LogP contribution in [0.5, 0.6) is 11.5 Å². The first-order valence-electron chi connectivity index (χ1n) is 4.66. The second-order valence-corrected chi connectivity index (χ2v) is 3.36. The molecule has 0 aromatic heterocycles. The molecule has 0 aliphatic carbocycles. The van der Waals surface area contributed by atoms with Gasteiger partial charge in [0.25, 0.3) is 0 Å². The topological polar surface area (TPSA) is 66.8 Å². The molecule has 4 heteroatoms. The number of fused-ring (bicyclic) bond motifs is 1. The van der Waals surface area contributed by atoms with Crippen molar-refractivity contribution in [3.05, 3.63) is 35.9 Å². The number of phenols is 2. The maximum Gasteiger partial charge on any atom is 0.337 e. The summed E-state index contributed by atoms with van der Waals surface area (Å²) in [6.45, 7) is 0. The molecule has 0 amide bonds. The fourth-order valence-electron chi connectivity index (χ4n) is 1.54. The molecule has 0 radical (unpaired) electrons. The molecule has 2 aromatic rings. The first kappa shape index (κ1) is 10.3. The number of methoxy groups -OCH3 is 1. The van der Waals surface area contributed by atoms with Crippen LogP contribution < -0.4 is 0 Å². The predicted octanol–water partition coefficient (Wildman–Crippen LogP) is 2.04. The third kappa shape index (κ3) is 1.54. The summed E-state index contributed by atoms with van der Waals surface area (Å²) in [5.74, 6) is -0.928. The van der Waals surface area contributed by atoms with E-state index in [4.69, 9.17) is 0 Å². The van der Waals surface area contributed by atoms with Gasteiger partial charge in [-0.05, 0) is 23.6 Å². The standard InChI is InChI=1S/C12H10O4/c1-16-12(15)8-3-2-7-4-5-10(13)11(14)9(7)6-8/h2-6,13-14H,1H3. The maximum absolute atomic E-state index is 11.3. The van der Waals surface area contributed by atoms with Gasteiger partial charge >= 0.3 is 5.97 Å². The van der Waals surface area contributed by atoms with Crippen LogP contribution in [0.15, 0.2) is 30.3 Å². The lowest BCUT2D eigenvalue weighted by Crippen LogP contribution is -2.00. The molecule has 0 atom stereocenters. The highest BCUT2D eigenvalue weighted by atomic mass is 16.5. The van der Waals surface area contributed by atoms with E-state index in [1.54, 1.807) is 18.2 Å².